The van der Waals surface area contributed by atoms with Crippen molar-refractivity contribution in [3.63, 3.8) is 0 Å². The molecule has 0 unspecified atom stereocenters. The van der Waals surface area contributed by atoms with E-state index in [0.29, 0.717) is 32.0 Å². The second kappa shape index (κ2) is 9.12. The number of rotatable bonds is 4. The lowest BCUT2D eigenvalue weighted by atomic mass is 9.90. The molecule has 3 amide bonds. The van der Waals surface area contributed by atoms with E-state index in [1.54, 1.807) is 9.80 Å². The Balaban J connectivity index is 1.52. The van der Waals surface area contributed by atoms with Crippen molar-refractivity contribution in [1.82, 2.24) is 15.1 Å². The van der Waals surface area contributed by atoms with Crippen LogP contribution in [0.2, 0.25) is 0 Å². The molecule has 3 aliphatic rings. The zero-order chi connectivity index (χ0) is 22.9. The summed E-state index contributed by atoms with van der Waals surface area (Å²) in [4.78, 5) is 42.8. The third-order valence-electron chi connectivity index (χ3n) is 6.51. The van der Waals surface area contributed by atoms with Gasteiger partial charge in [-0.3, -0.25) is 14.5 Å². The van der Waals surface area contributed by atoms with Crippen LogP contribution in [0.4, 0.5) is 4.79 Å². The average Bonchev–Trinajstić information content (AvgIpc) is 3.59. The van der Waals surface area contributed by atoms with E-state index >= 15 is 0 Å². The minimum absolute atomic E-state index is 0.0439. The molecule has 2 heterocycles. The third-order valence-corrected chi connectivity index (χ3v) is 6.51. The van der Waals surface area contributed by atoms with E-state index in [0.717, 1.165) is 30.5 Å². The van der Waals surface area contributed by atoms with Crippen molar-refractivity contribution in [3.05, 3.63) is 35.4 Å². The highest BCUT2D eigenvalue weighted by Crippen LogP contribution is 2.34. The van der Waals surface area contributed by atoms with E-state index in [-0.39, 0.29) is 17.7 Å². The Labute approximate surface area is 190 Å². The van der Waals surface area contributed by atoms with Crippen LogP contribution < -0.4 is 5.32 Å². The molecule has 0 bridgehead atoms. The molecule has 1 N–H and O–H groups in total. The lowest BCUT2D eigenvalue weighted by Crippen LogP contribution is -2.53. The van der Waals surface area contributed by atoms with Crippen LogP contribution in [-0.2, 0) is 20.7 Å². The molecular weight excluding hydrogens is 406 g/mol. The molecule has 174 valence electrons. The van der Waals surface area contributed by atoms with Gasteiger partial charge in [0.1, 0.15) is 11.6 Å². The van der Waals surface area contributed by atoms with Gasteiger partial charge in [0.25, 0.3) is 0 Å². The summed E-state index contributed by atoms with van der Waals surface area (Å²) in [6.07, 6.45) is 4.17. The highest BCUT2D eigenvalue weighted by molar-refractivity contribution is 5.89. The number of carbonyl (C=O) groups is 3. The van der Waals surface area contributed by atoms with Gasteiger partial charge in [-0.05, 0) is 69.9 Å². The maximum absolute atomic E-state index is 13.8. The SMILES string of the molecule is CC(C)(C)OC(=O)N1CCc2ccccc2[C@@H]1C(=O)N1CCC[C@H](C(=O)NCC2CC2)C1. The van der Waals surface area contributed by atoms with Crippen LogP contribution in [0.1, 0.15) is 63.6 Å². The van der Waals surface area contributed by atoms with Crippen molar-refractivity contribution in [2.45, 2.75) is 64.5 Å². The zero-order valence-corrected chi connectivity index (χ0v) is 19.4. The first-order valence-corrected chi connectivity index (χ1v) is 11.9. The van der Waals surface area contributed by atoms with Gasteiger partial charge in [0, 0.05) is 26.2 Å². The number of fused-ring (bicyclic) bond motifs is 1. The van der Waals surface area contributed by atoms with Gasteiger partial charge in [-0.15, -0.1) is 0 Å². The molecule has 2 fully saturated rings. The second-order valence-electron chi connectivity index (χ2n) is 10.3. The Morgan fingerprint density at radius 2 is 1.84 bits per heavy atom. The molecule has 1 aliphatic carbocycles. The summed E-state index contributed by atoms with van der Waals surface area (Å²) in [7, 11) is 0. The van der Waals surface area contributed by atoms with Crippen molar-refractivity contribution >= 4 is 17.9 Å². The fourth-order valence-electron chi connectivity index (χ4n) is 4.63. The fraction of sp³-hybridized carbons (Fsp3) is 0.640. The van der Waals surface area contributed by atoms with Crippen LogP contribution in [0.25, 0.3) is 0 Å². The van der Waals surface area contributed by atoms with Gasteiger partial charge in [0.2, 0.25) is 11.8 Å². The lowest BCUT2D eigenvalue weighted by Gasteiger charge is -2.41. The summed E-state index contributed by atoms with van der Waals surface area (Å²) in [6.45, 7) is 7.66. The summed E-state index contributed by atoms with van der Waals surface area (Å²) in [5.74, 6) is 0.354. The molecule has 2 aliphatic heterocycles. The molecule has 4 rings (SSSR count). The minimum Gasteiger partial charge on any atom is -0.444 e. The Morgan fingerprint density at radius 3 is 2.56 bits per heavy atom. The van der Waals surface area contributed by atoms with Crippen LogP contribution >= 0.6 is 0 Å². The summed E-state index contributed by atoms with van der Waals surface area (Å²) in [5, 5.41) is 3.06. The first-order chi connectivity index (χ1) is 15.2. The van der Waals surface area contributed by atoms with Gasteiger partial charge in [-0.2, -0.15) is 0 Å². The summed E-state index contributed by atoms with van der Waals surface area (Å²) >= 11 is 0. The molecule has 1 aromatic rings. The highest BCUT2D eigenvalue weighted by Gasteiger charge is 2.41. The van der Waals surface area contributed by atoms with Crippen LogP contribution in [0, 0.1) is 11.8 Å². The number of likely N-dealkylation sites (tertiary alicyclic amines) is 1. The molecule has 32 heavy (non-hydrogen) atoms. The highest BCUT2D eigenvalue weighted by atomic mass is 16.6. The molecule has 0 spiro atoms. The van der Waals surface area contributed by atoms with E-state index in [9.17, 15) is 14.4 Å². The van der Waals surface area contributed by atoms with Gasteiger partial charge >= 0.3 is 6.09 Å². The van der Waals surface area contributed by atoms with E-state index in [1.165, 1.54) is 12.8 Å². The van der Waals surface area contributed by atoms with Crippen LogP contribution in [0.5, 0.6) is 0 Å². The maximum Gasteiger partial charge on any atom is 0.411 e. The first-order valence-electron chi connectivity index (χ1n) is 11.9. The lowest BCUT2D eigenvalue weighted by molar-refractivity contribution is -0.141. The van der Waals surface area contributed by atoms with Crippen LogP contribution in [0.15, 0.2) is 24.3 Å². The standard InChI is InChI=1S/C25H35N3O4/c1-25(2,3)32-24(31)28-14-12-18-7-4-5-9-20(18)21(28)23(30)27-13-6-8-19(16-27)22(29)26-15-17-10-11-17/h4-5,7,9,17,19,21H,6,8,10-16H2,1-3H3,(H,26,29)/t19-,21+/m0/s1. The largest absolute Gasteiger partial charge is 0.444 e. The fourth-order valence-corrected chi connectivity index (χ4v) is 4.63. The van der Waals surface area contributed by atoms with Gasteiger partial charge in [-0.25, -0.2) is 4.79 Å². The molecule has 1 aromatic carbocycles. The minimum atomic E-state index is -0.719. The number of nitrogens with zero attached hydrogens (tertiary/aromatic N) is 2. The number of hydrogen-bond donors (Lipinski definition) is 1. The van der Waals surface area contributed by atoms with E-state index in [2.05, 4.69) is 5.32 Å². The number of amides is 3. The molecular formula is C25H35N3O4. The monoisotopic (exact) mass is 441 g/mol. The topological polar surface area (TPSA) is 79.0 Å². The Kier molecular flexibility index (Phi) is 6.45. The summed E-state index contributed by atoms with van der Waals surface area (Å²) < 4.78 is 5.63. The molecule has 1 saturated heterocycles. The van der Waals surface area contributed by atoms with Crippen molar-refractivity contribution in [2.75, 3.05) is 26.2 Å². The Hall–Kier alpha value is -2.57. The number of benzene rings is 1. The van der Waals surface area contributed by atoms with E-state index in [4.69, 9.17) is 4.74 Å². The maximum atomic E-state index is 13.8. The zero-order valence-electron chi connectivity index (χ0n) is 19.4. The molecule has 2 atom stereocenters. The number of piperidine rings is 1. The number of hydrogen-bond acceptors (Lipinski definition) is 4. The Morgan fingerprint density at radius 1 is 1.09 bits per heavy atom. The molecule has 7 heteroatoms. The molecule has 0 radical (unpaired) electrons. The quantitative estimate of drug-likeness (QED) is 0.778. The van der Waals surface area contributed by atoms with Crippen molar-refractivity contribution in [3.8, 4) is 0 Å². The first kappa shape index (κ1) is 22.6. The summed E-state index contributed by atoms with van der Waals surface area (Å²) in [5.41, 5.74) is 1.30. The molecule has 0 aromatic heterocycles. The van der Waals surface area contributed by atoms with Gasteiger partial charge in [0.05, 0.1) is 5.92 Å². The Bertz CT molecular complexity index is 874. The number of carbonyl (C=O) groups excluding carboxylic acids is 3. The smallest absolute Gasteiger partial charge is 0.411 e. The van der Waals surface area contributed by atoms with Crippen LogP contribution in [0.3, 0.4) is 0 Å². The molecule has 7 nitrogen and oxygen atoms in total. The van der Waals surface area contributed by atoms with E-state index < -0.39 is 17.7 Å². The number of ether oxygens (including phenoxy) is 1. The third kappa shape index (κ3) is 5.25. The molecule has 1 saturated carbocycles. The predicted octanol–water partition coefficient (Wildman–Crippen LogP) is 3.29. The number of nitrogens with one attached hydrogen (secondary N) is 1. The van der Waals surface area contributed by atoms with Gasteiger partial charge in [-0.1, -0.05) is 24.3 Å². The second-order valence-corrected chi connectivity index (χ2v) is 10.3. The summed E-state index contributed by atoms with van der Waals surface area (Å²) in [6, 6.07) is 7.10. The normalized spacial score (nSPS) is 23.3. The van der Waals surface area contributed by atoms with Gasteiger partial charge in [0.15, 0.2) is 0 Å². The van der Waals surface area contributed by atoms with Crippen molar-refractivity contribution < 1.29 is 19.1 Å². The van der Waals surface area contributed by atoms with Crippen molar-refractivity contribution in [1.29, 1.82) is 0 Å². The van der Waals surface area contributed by atoms with Gasteiger partial charge < -0.3 is 15.0 Å². The van der Waals surface area contributed by atoms with Crippen LogP contribution in [-0.4, -0.2) is 59.5 Å². The predicted molar refractivity (Wildman–Crippen MR) is 121 cm³/mol. The van der Waals surface area contributed by atoms with Crippen molar-refractivity contribution in [2.24, 2.45) is 11.8 Å². The van der Waals surface area contributed by atoms with E-state index in [1.807, 2.05) is 45.0 Å². The average molecular weight is 442 g/mol.